The Labute approximate surface area is 279 Å². The molecule has 1 aliphatic heterocycles. The molecule has 1 spiro atoms. The van der Waals surface area contributed by atoms with Crippen LogP contribution in [-0.4, -0.2) is 99.2 Å². The SMILES string of the molecule is COC(=O)C(CC(C)C)NP(=O)(NC(CC(C)C)C(=O)OC)OCC(OC)C1OC(=O)O[C@]12C(C)C2C=Nc1c(N)nc(N)nc1OC. The number of ether oxygens (including phenoxy) is 6. The lowest BCUT2D eigenvalue weighted by molar-refractivity contribution is -0.143. The van der Waals surface area contributed by atoms with Crippen molar-refractivity contribution in [1.29, 1.82) is 0 Å². The lowest BCUT2D eigenvalue weighted by atomic mass is 10.0. The minimum absolute atomic E-state index is 0.00572. The predicted octanol–water partition coefficient (Wildman–Crippen LogP) is 2.39. The number of anilines is 2. The van der Waals surface area contributed by atoms with Crippen LogP contribution in [0.15, 0.2) is 4.99 Å². The molecule has 0 aromatic carbocycles. The summed E-state index contributed by atoms with van der Waals surface area (Å²) in [6, 6.07) is -2.12. The van der Waals surface area contributed by atoms with Gasteiger partial charge in [0.15, 0.2) is 23.2 Å². The first-order chi connectivity index (χ1) is 22.5. The highest BCUT2D eigenvalue weighted by Gasteiger charge is 2.75. The number of rotatable bonds is 18. The fraction of sp³-hybridized carbons (Fsp3) is 0.724. The standard InChI is InChI=1S/C29H48N7O11P/c1-14(2)10-18(25(37)43-8)35-48(40,36-19(11-15(3)4)26(38)44-9)45-13-20(41-6)22-29(47-28(39)46-22)16(5)17(29)12-32-21-23(30)33-27(31)34-24(21)42-7/h12,14-20,22H,10-11,13H2,1-9H3,(H2,35,36,40)(H4,30,31,33,34)/t16?,17?,18?,19?,20?,22?,29-,48?/m0/s1. The average molecular weight is 702 g/mol. The van der Waals surface area contributed by atoms with Gasteiger partial charge < -0.3 is 44.4 Å². The Bertz CT molecular complexity index is 1360. The summed E-state index contributed by atoms with van der Waals surface area (Å²) in [6.45, 7) is 8.91. The van der Waals surface area contributed by atoms with E-state index in [1.807, 2.05) is 34.6 Å². The predicted molar refractivity (Wildman–Crippen MR) is 173 cm³/mol. The number of aliphatic imine (C=N–C) groups is 1. The molecular formula is C29H48N7O11P. The van der Waals surface area contributed by atoms with Gasteiger partial charge in [0, 0.05) is 25.2 Å². The van der Waals surface area contributed by atoms with Gasteiger partial charge in [0.1, 0.15) is 18.2 Å². The summed E-state index contributed by atoms with van der Waals surface area (Å²) in [5, 5.41) is 5.53. The highest BCUT2D eigenvalue weighted by molar-refractivity contribution is 7.54. The van der Waals surface area contributed by atoms with Gasteiger partial charge in [0.2, 0.25) is 11.8 Å². The second-order valence-electron chi connectivity index (χ2n) is 12.5. The molecule has 19 heteroatoms. The summed E-state index contributed by atoms with van der Waals surface area (Å²) < 4.78 is 52.6. The van der Waals surface area contributed by atoms with Crippen LogP contribution in [0.5, 0.6) is 5.88 Å². The maximum atomic E-state index is 14.5. The first-order valence-electron chi connectivity index (χ1n) is 15.4. The third-order valence-electron chi connectivity index (χ3n) is 8.14. The first-order valence-corrected chi connectivity index (χ1v) is 17.1. The topological polar surface area (TPSA) is 247 Å². The van der Waals surface area contributed by atoms with Crippen molar-refractivity contribution < 1.29 is 51.9 Å². The lowest BCUT2D eigenvalue weighted by Crippen LogP contribution is -2.47. The van der Waals surface area contributed by atoms with Gasteiger partial charge in [-0.3, -0.25) is 19.1 Å². The monoisotopic (exact) mass is 701 g/mol. The number of hydrogen-bond acceptors (Lipinski definition) is 16. The van der Waals surface area contributed by atoms with E-state index in [1.54, 1.807) is 0 Å². The minimum Gasteiger partial charge on any atom is -0.479 e. The maximum absolute atomic E-state index is 14.5. The Hall–Kier alpha value is -3.57. The number of nitrogens with two attached hydrogens (primary N) is 2. The summed E-state index contributed by atoms with van der Waals surface area (Å²) in [5.41, 5.74) is 10.6. The van der Waals surface area contributed by atoms with Crippen LogP contribution in [0.3, 0.4) is 0 Å². The van der Waals surface area contributed by atoms with Gasteiger partial charge in [-0.05, 0) is 24.7 Å². The molecule has 2 aliphatic rings. The molecule has 0 radical (unpaired) electrons. The lowest BCUT2D eigenvalue weighted by Gasteiger charge is -2.31. The molecule has 1 aliphatic carbocycles. The Morgan fingerprint density at radius 2 is 1.58 bits per heavy atom. The van der Waals surface area contributed by atoms with Gasteiger partial charge in [-0.25, -0.2) is 15.0 Å². The van der Waals surface area contributed by atoms with Gasteiger partial charge in [0.25, 0.3) is 0 Å². The van der Waals surface area contributed by atoms with Crippen molar-refractivity contribution in [2.45, 2.75) is 77.4 Å². The summed E-state index contributed by atoms with van der Waals surface area (Å²) in [5.74, 6) is -2.21. The quantitative estimate of drug-likeness (QED) is 0.0742. The van der Waals surface area contributed by atoms with Crippen LogP contribution in [0, 0.1) is 23.7 Å². The second-order valence-corrected chi connectivity index (χ2v) is 14.3. The molecule has 6 unspecified atom stereocenters. The summed E-state index contributed by atoms with van der Waals surface area (Å²) in [4.78, 5) is 50.3. The van der Waals surface area contributed by atoms with E-state index in [9.17, 15) is 18.9 Å². The summed E-state index contributed by atoms with van der Waals surface area (Å²) in [6.07, 6.45) is -1.01. The number of aromatic nitrogens is 2. The zero-order valence-electron chi connectivity index (χ0n) is 28.8. The maximum Gasteiger partial charge on any atom is 0.509 e. The van der Waals surface area contributed by atoms with Crippen LogP contribution in [0.25, 0.3) is 0 Å². The van der Waals surface area contributed by atoms with E-state index in [1.165, 1.54) is 34.7 Å². The zero-order chi connectivity index (χ0) is 36.0. The molecule has 1 aromatic rings. The molecule has 0 amide bonds. The van der Waals surface area contributed by atoms with Gasteiger partial charge in [0.05, 0.1) is 27.9 Å². The molecule has 1 saturated heterocycles. The fourth-order valence-electron chi connectivity index (χ4n) is 5.73. The highest BCUT2D eigenvalue weighted by atomic mass is 31.2. The molecule has 1 saturated carbocycles. The fourth-order valence-corrected chi connectivity index (χ4v) is 7.55. The van der Waals surface area contributed by atoms with Crippen LogP contribution in [0.4, 0.5) is 22.2 Å². The van der Waals surface area contributed by atoms with Crippen molar-refractivity contribution in [2.75, 3.05) is 46.5 Å². The van der Waals surface area contributed by atoms with Crippen LogP contribution >= 0.6 is 7.67 Å². The third-order valence-corrected chi connectivity index (χ3v) is 9.96. The molecule has 48 heavy (non-hydrogen) atoms. The first kappa shape index (κ1) is 38.9. The molecule has 2 fully saturated rings. The van der Waals surface area contributed by atoms with Gasteiger partial charge >= 0.3 is 25.8 Å². The Kier molecular flexibility index (Phi) is 13.1. The molecule has 2 heterocycles. The smallest absolute Gasteiger partial charge is 0.479 e. The number of nitrogens with zero attached hydrogens (tertiary/aromatic N) is 3. The molecule has 6 N–H and O–H groups in total. The molecule has 3 rings (SSSR count). The molecule has 18 nitrogen and oxygen atoms in total. The van der Waals surface area contributed by atoms with Crippen molar-refractivity contribution >= 4 is 49.4 Å². The molecule has 7 atom stereocenters. The Morgan fingerprint density at radius 3 is 2.06 bits per heavy atom. The number of nitrogen functional groups attached to an aromatic ring is 2. The number of nitrogens with one attached hydrogen (secondary N) is 2. The molecule has 1 aromatic heterocycles. The molecular weight excluding hydrogens is 653 g/mol. The van der Waals surface area contributed by atoms with Gasteiger partial charge in [-0.1, -0.05) is 34.6 Å². The Balaban J connectivity index is 1.91. The largest absolute Gasteiger partial charge is 0.509 e. The van der Waals surface area contributed by atoms with Gasteiger partial charge in [-0.15, -0.1) is 0 Å². The van der Waals surface area contributed by atoms with Crippen molar-refractivity contribution in [3.63, 3.8) is 0 Å². The van der Waals surface area contributed by atoms with Crippen molar-refractivity contribution in [2.24, 2.45) is 28.7 Å². The summed E-state index contributed by atoms with van der Waals surface area (Å²) >= 11 is 0. The third kappa shape index (κ3) is 8.91. The Morgan fingerprint density at radius 1 is 1.02 bits per heavy atom. The highest BCUT2D eigenvalue weighted by Crippen LogP contribution is 2.59. The van der Waals surface area contributed by atoms with E-state index >= 15 is 0 Å². The zero-order valence-corrected chi connectivity index (χ0v) is 29.6. The van der Waals surface area contributed by atoms with Crippen LogP contribution in [-0.2, 0) is 42.4 Å². The number of carbonyl (C=O) groups is 3. The number of esters is 2. The summed E-state index contributed by atoms with van der Waals surface area (Å²) in [7, 11) is 0.894. The van der Waals surface area contributed by atoms with E-state index in [-0.39, 0.29) is 53.9 Å². The van der Waals surface area contributed by atoms with E-state index in [4.69, 9.17) is 44.4 Å². The minimum atomic E-state index is -4.27. The van der Waals surface area contributed by atoms with Crippen LogP contribution in [0.2, 0.25) is 0 Å². The number of hydrogen-bond donors (Lipinski definition) is 4. The van der Waals surface area contributed by atoms with Crippen LogP contribution < -0.4 is 26.4 Å². The normalized spacial score (nSPS) is 25.0. The van der Waals surface area contributed by atoms with E-state index in [0.717, 1.165) is 0 Å². The van der Waals surface area contributed by atoms with E-state index in [2.05, 4.69) is 25.1 Å². The van der Waals surface area contributed by atoms with E-state index in [0.29, 0.717) is 0 Å². The molecule has 0 bridgehead atoms. The van der Waals surface area contributed by atoms with Crippen molar-refractivity contribution in [3.05, 3.63) is 0 Å². The molecule has 270 valence electrons. The van der Waals surface area contributed by atoms with Crippen molar-refractivity contribution in [3.8, 4) is 5.88 Å². The van der Waals surface area contributed by atoms with E-state index < -0.39 is 68.2 Å². The number of methoxy groups -OCH3 is 4. The van der Waals surface area contributed by atoms with Gasteiger partial charge in [-0.2, -0.15) is 9.97 Å². The van der Waals surface area contributed by atoms with Crippen LogP contribution in [0.1, 0.15) is 47.5 Å². The average Bonchev–Trinajstić information content (AvgIpc) is 3.39. The van der Waals surface area contributed by atoms with Crippen molar-refractivity contribution in [1.82, 2.24) is 20.1 Å². The number of cyclic esters (lactones) is 1. The second kappa shape index (κ2) is 16.2. The number of carbonyl (C=O) groups excluding carboxylic acids is 3.